The summed E-state index contributed by atoms with van der Waals surface area (Å²) in [5.41, 5.74) is 6.69. The predicted octanol–water partition coefficient (Wildman–Crippen LogP) is 3.75. The van der Waals surface area contributed by atoms with Crippen molar-refractivity contribution >= 4 is 12.0 Å². The summed E-state index contributed by atoms with van der Waals surface area (Å²) in [7, 11) is 0. The maximum absolute atomic E-state index is 15.0. The summed E-state index contributed by atoms with van der Waals surface area (Å²) in [6.45, 7) is 9.64. The molecule has 2 aromatic rings. The predicted molar refractivity (Wildman–Crippen MR) is 135 cm³/mol. The fraction of sp³-hybridized carbons (Fsp3) is 0.536. The lowest BCUT2D eigenvalue weighted by Crippen LogP contribution is -2.52. The Kier molecular flexibility index (Phi) is 5.87. The summed E-state index contributed by atoms with van der Waals surface area (Å²) in [6.07, 6.45) is 1.85. The van der Waals surface area contributed by atoms with E-state index in [4.69, 9.17) is 10.5 Å². The Balaban J connectivity index is 1.49. The highest BCUT2D eigenvalue weighted by Gasteiger charge is 2.43. The molecule has 0 spiro atoms. The molecular weight excluding hydrogens is 475 g/mol. The van der Waals surface area contributed by atoms with E-state index in [1.165, 1.54) is 6.07 Å². The molecule has 4 heterocycles. The van der Waals surface area contributed by atoms with Crippen molar-refractivity contribution < 1.29 is 23.8 Å². The number of carbonyl (C=O) groups excluding carboxylic acids is 2. The molecule has 1 aromatic carbocycles. The molecule has 2 fully saturated rings. The third kappa shape index (κ3) is 4.82. The molecule has 9 heteroatoms. The average Bonchev–Trinajstić information content (AvgIpc) is 2.93. The van der Waals surface area contributed by atoms with Crippen molar-refractivity contribution in [3.05, 3.63) is 40.5 Å². The van der Waals surface area contributed by atoms with Gasteiger partial charge in [-0.2, -0.15) is 0 Å². The molecule has 0 atom stereocenters. The molecule has 1 saturated carbocycles. The third-order valence-corrected chi connectivity index (χ3v) is 7.14. The average molecular weight is 509 g/mol. The van der Waals surface area contributed by atoms with Crippen LogP contribution in [-0.4, -0.2) is 55.8 Å². The minimum atomic E-state index is -1.26. The van der Waals surface area contributed by atoms with Crippen LogP contribution in [0.4, 0.5) is 9.18 Å². The molecule has 3 N–H and O–H groups in total. The van der Waals surface area contributed by atoms with E-state index in [1.54, 1.807) is 24.8 Å². The lowest BCUT2D eigenvalue weighted by Gasteiger charge is -2.41. The van der Waals surface area contributed by atoms with Crippen LogP contribution in [0.5, 0.6) is 0 Å². The zero-order chi connectivity index (χ0) is 26.9. The summed E-state index contributed by atoms with van der Waals surface area (Å²) in [5, 5.41) is 9.99. The van der Waals surface area contributed by atoms with E-state index in [9.17, 15) is 19.1 Å². The molecular formula is C28H33FN4O4. The van der Waals surface area contributed by atoms with E-state index in [2.05, 4.69) is 21.4 Å². The standard InChI is InChI=1S/C28H33FN4O4/c1-27(2,3)37-26(35)32-13-15(14-32)8-22-23(24(30)34)31-25-20-11-16(6-7-28(4,5)36)21(29)12-19(20)17-9-18(10-17)33(22)25/h11-12,15,17-18,36H,8-10,13-14H2,1-5H3,(H2,30,34). The van der Waals surface area contributed by atoms with E-state index >= 15 is 0 Å². The molecule has 0 unspecified atom stereocenters. The topological polar surface area (TPSA) is 111 Å². The van der Waals surface area contributed by atoms with Gasteiger partial charge in [0.25, 0.3) is 5.91 Å². The quantitative estimate of drug-likeness (QED) is 0.614. The van der Waals surface area contributed by atoms with Crippen LogP contribution < -0.4 is 5.73 Å². The number of rotatable bonds is 3. The Hall–Kier alpha value is -3.38. The van der Waals surface area contributed by atoms with Crippen molar-refractivity contribution in [1.82, 2.24) is 14.5 Å². The smallest absolute Gasteiger partial charge is 0.410 e. The molecule has 8 nitrogen and oxygen atoms in total. The maximum atomic E-state index is 15.0. The van der Waals surface area contributed by atoms with Crippen LogP contribution in [-0.2, 0) is 11.2 Å². The van der Waals surface area contributed by atoms with Crippen LogP contribution in [0.25, 0.3) is 11.4 Å². The molecule has 2 amide bonds. The normalized spacial score (nSPS) is 20.5. The number of amides is 2. The molecule has 4 aliphatic rings. The fourth-order valence-corrected chi connectivity index (χ4v) is 5.38. The van der Waals surface area contributed by atoms with Crippen LogP contribution in [0.15, 0.2) is 12.1 Å². The van der Waals surface area contributed by atoms with Gasteiger partial charge in [-0.15, -0.1) is 0 Å². The van der Waals surface area contributed by atoms with Gasteiger partial charge in [0.2, 0.25) is 0 Å². The van der Waals surface area contributed by atoms with E-state index in [0.29, 0.717) is 25.3 Å². The summed E-state index contributed by atoms with van der Waals surface area (Å²) in [6, 6.07) is 3.33. The number of ether oxygens (including phenoxy) is 1. The van der Waals surface area contributed by atoms with Crippen LogP contribution in [0.2, 0.25) is 0 Å². The Morgan fingerprint density at radius 2 is 1.89 bits per heavy atom. The second-order valence-corrected chi connectivity index (χ2v) is 12.0. The minimum absolute atomic E-state index is 0.138. The second kappa shape index (κ2) is 8.59. The number of nitrogens with two attached hydrogens (primary N) is 1. The third-order valence-electron chi connectivity index (χ3n) is 7.14. The highest BCUT2D eigenvalue weighted by atomic mass is 19.1. The van der Waals surface area contributed by atoms with E-state index in [0.717, 1.165) is 29.7 Å². The van der Waals surface area contributed by atoms with E-state index in [-0.39, 0.29) is 35.2 Å². The zero-order valence-electron chi connectivity index (χ0n) is 21.9. The summed E-state index contributed by atoms with van der Waals surface area (Å²) >= 11 is 0. The maximum Gasteiger partial charge on any atom is 0.410 e. The van der Waals surface area contributed by atoms with Crippen molar-refractivity contribution in [3.63, 3.8) is 0 Å². The summed E-state index contributed by atoms with van der Waals surface area (Å²) in [5.74, 6) is 5.32. The Labute approximate surface area is 216 Å². The number of nitrogens with zero attached hydrogens (tertiary/aromatic N) is 3. The first kappa shape index (κ1) is 25.3. The molecule has 0 radical (unpaired) electrons. The van der Waals surface area contributed by atoms with E-state index < -0.39 is 22.9 Å². The summed E-state index contributed by atoms with van der Waals surface area (Å²) in [4.78, 5) is 31.2. The SMILES string of the molecule is CC(C)(O)C#Cc1cc2c(cc1F)C1CC(C1)n1c-2nc(C(N)=O)c1CC1CN(C(=O)OC(C)(C)C)C1. The van der Waals surface area contributed by atoms with Crippen LogP contribution in [0, 0.1) is 23.6 Å². The largest absolute Gasteiger partial charge is 0.444 e. The van der Waals surface area contributed by atoms with Crippen LogP contribution >= 0.6 is 0 Å². The van der Waals surface area contributed by atoms with Crippen molar-refractivity contribution in [2.75, 3.05) is 13.1 Å². The first-order valence-electron chi connectivity index (χ1n) is 12.7. The van der Waals surface area contributed by atoms with Gasteiger partial charge in [0.15, 0.2) is 0 Å². The van der Waals surface area contributed by atoms with Gasteiger partial charge in [-0.05, 0) is 83.4 Å². The molecule has 3 aliphatic heterocycles. The Morgan fingerprint density at radius 3 is 2.49 bits per heavy atom. The zero-order valence-corrected chi connectivity index (χ0v) is 21.9. The molecule has 37 heavy (non-hydrogen) atoms. The van der Waals surface area contributed by atoms with Crippen molar-refractivity contribution in [1.29, 1.82) is 0 Å². The van der Waals surface area contributed by atoms with Gasteiger partial charge >= 0.3 is 6.09 Å². The van der Waals surface area contributed by atoms with Gasteiger partial charge in [0, 0.05) is 24.7 Å². The molecule has 6 rings (SSSR count). The fourth-order valence-electron chi connectivity index (χ4n) is 5.38. The lowest BCUT2D eigenvalue weighted by molar-refractivity contribution is -0.00125. The lowest BCUT2D eigenvalue weighted by atomic mass is 9.75. The van der Waals surface area contributed by atoms with Crippen LogP contribution in [0.1, 0.15) is 86.7 Å². The summed E-state index contributed by atoms with van der Waals surface area (Å²) < 4.78 is 22.5. The number of aliphatic hydroxyl groups is 1. The first-order valence-corrected chi connectivity index (χ1v) is 12.7. The number of imidazole rings is 1. The number of hydrogen-bond donors (Lipinski definition) is 2. The van der Waals surface area contributed by atoms with Crippen molar-refractivity contribution in [2.24, 2.45) is 11.7 Å². The highest BCUT2D eigenvalue weighted by Crippen LogP contribution is 2.53. The number of primary amides is 1. The van der Waals surface area contributed by atoms with Gasteiger partial charge in [0.1, 0.15) is 28.5 Å². The van der Waals surface area contributed by atoms with Crippen molar-refractivity contribution in [3.8, 4) is 23.2 Å². The number of carbonyl (C=O) groups is 2. The second-order valence-electron chi connectivity index (χ2n) is 12.0. The van der Waals surface area contributed by atoms with Gasteiger partial charge in [-0.3, -0.25) is 4.79 Å². The van der Waals surface area contributed by atoms with Crippen molar-refractivity contribution in [2.45, 2.75) is 77.0 Å². The highest BCUT2D eigenvalue weighted by molar-refractivity contribution is 5.93. The Morgan fingerprint density at radius 1 is 1.22 bits per heavy atom. The number of benzene rings is 1. The van der Waals surface area contributed by atoms with Gasteiger partial charge in [-0.25, -0.2) is 14.2 Å². The molecule has 1 aromatic heterocycles. The molecule has 1 saturated heterocycles. The van der Waals surface area contributed by atoms with Crippen LogP contribution in [0.3, 0.4) is 0 Å². The molecule has 196 valence electrons. The number of halogens is 1. The number of hydrogen-bond acceptors (Lipinski definition) is 5. The Bertz CT molecular complexity index is 1340. The van der Waals surface area contributed by atoms with Gasteiger partial charge < -0.3 is 25.0 Å². The van der Waals surface area contributed by atoms with Gasteiger partial charge in [0.05, 0.1) is 11.3 Å². The van der Waals surface area contributed by atoms with E-state index in [1.807, 2.05) is 20.8 Å². The first-order chi connectivity index (χ1) is 17.2. The molecule has 1 aliphatic carbocycles. The number of likely N-dealkylation sites (tertiary alicyclic amines) is 1. The van der Waals surface area contributed by atoms with Gasteiger partial charge in [-0.1, -0.05) is 11.8 Å². The minimum Gasteiger partial charge on any atom is -0.444 e. The molecule has 2 bridgehead atoms. The monoisotopic (exact) mass is 508 g/mol. The number of aromatic nitrogens is 2.